The van der Waals surface area contributed by atoms with Gasteiger partial charge in [0.05, 0.1) is 36.5 Å². The number of halogens is 5. The van der Waals surface area contributed by atoms with Crippen LogP contribution in [0.25, 0.3) is 6.08 Å². The lowest BCUT2D eigenvalue weighted by molar-refractivity contribution is -0.140. The summed E-state index contributed by atoms with van der Waals surface area (Å²) in [6.45, 7) is 3.41. The summed E-state index contributed by atoms with van der Waals surface area (Å²) in [6, 6.07) is 7.92. The molecule has 0 amide bonds. The van der Waals surface area contributed by atoms with Crippen molar-refractivity contribution in [3.63, 3.8) is 0 Å². The number of hydrogen-bond acceptors (Lipinski definition) is 7. The summed E-state index contributed by atoms with van der Waals surface area (Å²) in [5.74, 6) is -0.404. The van der Waals surface area contributed by atoms with Crippen LogP contribution >= 0.6 is 45.5 Å². The number of aromatic nitrogens is 1. The molecular formula is C26H21ClF3IN2O5S. The van der Waals surface area contributed by atoms with E-state index < -0.39 is 35.0 Å². The summed E-state index contributed by atoms with van der Waals surface area (Å²) in [4.78, 5) is 30.3. The number of methoxy groups -OCH3 is 1. The van der Waals surface area contributed by atoms with Crippen LogP contribution in [0.2, 0.25) is 5.02 Å². The second kappa shape index (κ2) is 11.7. The van der Waals surface area contributed by atoms with E-state index in [9.17, 15) is 22.8 Å². The minimum Gasteiger partial charge on any atom is -0.493 e. The number of esters is 1. The number of fused-ring (bicyclic) bond motifs is 1. The number of carbonyl (C=O) groups is 1. The van der Waals surface area contributed by atoms with Crippen LogP contribution in [0.4, 0.5) is 13.2 Å². The number of benzene rings is 2. The Labute approximate surface area is 243 Å². The van der Waals surface area contributed by atoms with E-state index in [4.69, 9.17) is 25.8 Å². The molecule has 13 heteroatoms. The Hall–Kier alpha value is -2.84. The van der Waals surface area contributed by atoms with Crippen molar-refractivity contribution >= 4 is 57.6 Å². The third kappa shape index (κ3) is 5.87. The van der Waals surface area contributed by atoms with Crippen molar-refractivity contribution in [2.24, 2.45) is 4.99 Å². The molecule has 0 aliphatic carbocycles. The van der Waals surface area contributed by atoms with E-state index in [0.717, 1.165) is 19.5 Å². The lowest BCUT2D eigenvalue weighted by Crippen LogP contribution is -2.41. The Morgan fingerprint density at radius 2 is 1.90 bits per heavy atom. The molecule has 206 valence electrons. The number of thiazole rings is 1. The van der Waals surface area contributed by atoms with Crippen molar-refractivity contribution in [2.75, 3.05) is 20.3 Å². The molecule has 7 nitrogen and oxygen atoms in total. The largest absolute Gasteiger partial charge is 0.493 e. The molecule has 1 aromatic heterocycles. The molecule has 0 bridgehead atoms. The van der Waals surface area contributed by atoms with Gasteiger partial charge in [0.1, 0.15) is 0 Å². The number of rotatable bonds is 7. The Balaban J connectivity index is 2.06. The quantitative estimate of drug-likeness (QED) is 0.257. The number of carbonyl (C=O) groups excluding carboxylic acids is 1. The second-order valence-electron chi connectivity index (χ2n) is 8.07. The monoisotopic (exact) mass is 692 g/mol. The summed E-state index contributed by atoms with van der Waals surface area (Å²) in [6.07, 6.45) is -3.48. The average molecular weight is 693 g/mol. The van der Waals surface area contributed by atoms with Gasteiger partial charge in [-0.25, -0.2) is 9.79 Å². The van der Waals surface area contributed by atoms with Crippen molar-refractivity contribution in [1.82, 2.24) is 4.57 Å². The third-order valence-corrected chi connectivity index (χ3v) is 7.48. The van der Waals surface area contributed by atoms with E-state index in [-0.39, 0.29) is 21.5 Å². The summed E-state index contributed by atoms with van der Waals surface area (Å²) in [5, 5.41) is 0.333. The van der Waals surface area contributed by atoms with Crippen molar-refractivity contribution < 1.29 is 32.2 Å². The number of nitrogens with zero attached hydrogens (tertiary/aromatic N) is 2. The molecule has 1 aliphatic rings. The van der Waals surface area contributed by atoms with E-state index in [1.807, 2.05) is 0 Å². The summed E-state index contributed by atoms with van der Waals surface area (Å²) in [7, 11) is 1.48. The lowest BCUT2D eigenvalue weighted by Gasteiger charge is -2.26. The molecular weight excluding hydrogens is 672 g/mol. The molecule has 0 N–H and O–H groups in total. The van der Waals surface area contributed by atoms with Crippen LogP contribution in [-0.2, 0) is 9.53 Å². The number of ether oxygens (including phenoxy) is 3. The fourth-order valence-corrected chi connectivity index (χ4v) is 5.82. The molecule has 39 heavy (non-hydrogen) atoms. The van der Waals surface area contributed by atoms with Gasteiger partial charge in [0.2, 0.25) is 0 Å². The van der Waals surface area contributed by atoms with Crippen LogP contribution in [0.15, 0.2) is 57.5 Å². The van der Waals surface area contributed by atoms with Crippen molar-refractivity contribution in [3.8, 4) is 11.5 Å². The highest BCUT2D eigenvalue weighted by Gasteiger charge is 2.45. The summed E-state index contributed by atoms with van der Waals surface area (Å²) in [5.41, 5.74) is -2.11. The molecule has 2 aromatic carbocycles. The van der Waals surface area contributed by atoms with Gasteiger partial charge in [0.15, 0.2) is 22.0 Å². The highest BCUT2D eigenvalue weighted by Crippen LogP contribution is 2.39. The zero-order valence-corrected chi connectivity index (χ0v) is 24.5. The minimum absolute atomic E-state index is 0.0874. The standard InChI is InChI=1S/C26H21ClF3IN2O5S/c1-4-37-21-14(10-16(31)12-17(21)36-3)11-18-23(34)33-20(13-6-8-15(27)9-7-13)19(24(35)38-5-2)22(26(28,29)30)32-25(33)39-18/h6-12,20H,4-5H2,1-3H3/b18-11-/t20-/m1/s1. The van der Waals surface area contributed by atoms with Gasteiger partial charge in [-0.3, -0.25) is 9.36 Å². The van der Waals surface area contributed by atoms with Crippen LogP contribution in [0.5, 0.6) is 11.5 Å². The van der Waals surface area contributed by atoms with Crippen LogP contribution in [0.1, 0.15) is 31.0 Å². The molecule has 0 spiro atoms. The molecule has 1 aliphatic heterocycles. The SMILES string of the molecule is CCOC(=O)C1=C(C(F)(F)F)N=c2s/c(=C\c3cc(I)cc(OC)c3OCC)c(=O)n2[C@@H]1c1ccc(Cl)cc1. The first-order valence-electron chi connectivity index (χ1n) is 11.6. The molecule has 0 fully saturated rings. The van der Waals surface area contributed by atoms with Crippen LogP contribution in [0.3, 0.4) is 0 Å². The molecule has 3 aromatic rings. The smallest absolute Gasteiger partial charge is 0.434 e. The molecule has 4 rings (SSSR count). The minimum atomic E-state index is -4.99. The Morgan fingerprint density at radius 1 is 1.21 bits per heavy atom. The predicted molar refractivity (Wildman–Crippen MR) is 149 cm³/mol. The summed E-state index contributed by atoms with van der Waals surface area (Å²) >= 11 is 8.86. The third-order valence-electron chi connectivity index (χ3n) is 5.62. The first-order valence-corrected chi connectivity index (χ1v) is 13.8. The zero-order chi connectivity index (χ0) is 28.5. The van der Waals surface area contributed by atoms with Crippen LogP contribution in [-0.4, -0.2) is 37.0 Å². The average Bonchev–Trinajstić information content (AvgIpc) is 3.19. The van der Waals surface area contributed by atoms with Crippen molar-refractivity contribution in [2.45, 2.75) is 26.1 Å². The molecule has 1 atom stereocenters. The number of allylic oxidation sites excluding steroid dienone is 1. The second-order valence-corrected chi connectivity index (χ2v) is 10.8. The van der Waals surface area contributed by atoms with Crippen molar-refractivity contribution in [1.29, 1.82) is 0 Å². The van der Waals surface area contributed by atoms with Gasteiger partial charge in [0, 0.05) is 14.2 Å². The van der Waals surface area contributed by atoms with E-state index in [2.05, 4.69) is 27.6 Å². The first kappa shape index (κ1) is 29.2. The van der Waals surface area contributed by atoms with E-state index in [1.54, 1.807) is 19.1 Å². The van der Waals surface area contributed by atoms with Gasteiger partial charge in [-0.1, -0.05) is 35.1 Å². The number of hydrogen-bond donors (Lipinski definition) is 0. The maximum absolute atomic E-state index is 14.3. The first-order chi connectivity index (χ1) is 18.5. The maximum Gasteiger partial charge on any atom is 0.434 e. The molecule has 2 heterocycles. The van der Waals surface area contributed by atoms with Gasteiger partial charge in [-0.05, 0) is 72.3 Å². The van der Waals surface area contributed by atoms with E-state index in [1.165, 1.54) is 44.4 Å². The van der Waals surface area contributed by atoms with Gasteiger partial charge in [0.25, 0.3) is 5.56 Å². The Kier molecular flexibility index (Phi) is 8.76. The van der Waals surface area contributed by atoms with Crippen molar-refractivity contribution in [3.05, 3.63) is 87.1 Å². The normalized spacial score (nSPS) is 15.6. The fraction of sp³-hybridized carbons (Fsp3) is 0.269. The van der Waals surface area contributed by atoms with E-state index in [0.29, 0.717) is 28.7 Å². The number of alkyl halides is 3. The molecule has 0 saturated carbocycles. The highest BCUT2D eigenvalue weighted by molar-refractivity contribution is 14.1. The fourth-order valence-electron chi connectivity index (χ4n) is 4.09. The Bertz CT molecular complexity index is 1630. The van der Waals surface area contributed by atoms with Crippen LogP contribution < -0.4 is 24.4 Å². The van der Waals surface area contributed by atoms with Gasteiger partial charge >= 0.3 is 12.1 Å². The highest BCUT2D eigenvalue weighted by atomic mass is 127. The van der Waals surface area contributed by atoms with Gasteiger partial charge < -0.3 is 14.2 Å². The van der Waals surface area contributed by atoms with Crippen LogP contribution in [0, 0.1) is 3.57 Å². The Morgan fingerprint density at radius 3 is 2.49 bits per heavy atom. The van der Waals surface area contributed by atoms with E-state index >= 15 is 0 Å². The summed E-state index contributed by atoms with van der Waals surface area (Å²) < 4.78 is 60.9. The molecule has 0 saturated heterocycles. The van der Waals surface area contributed by atoms with Gasteiger partial charge in [-0.15, -0.1) is 0 Å². The zero-order valence-electron chi connectivity index (χ0n) is 20.8. The lowest BCUT2D eigenvalue weighted by atomic mass is 9.95. The molecule has 0 unspecified atom stereocenters. The van der Waals surface area contributed by atoms with Gasteiger partial charge in [-0.2, -0.15) is 13.2 Å². The predicted octanol–water partition coefficient (Wildman–Crippen LogP) is 5.01. The molecule has 0 radical (unpaired) electrons. The maximum atomic E-state index is 14.3. The topological polar surface area (TPSA) is 79.1 Å².